The van der Waals surface area contributed by atoms with Crippen LogP contribution in [0.1, 0.15) is 35.9 Å². The number of urea groups is 1. The second-order valence-corrected chi connectivity index (χ2v) is 11.1. The molecule has 2 aliphatic heterocycles. The van der Waals surface area contributed by atoms with Crippen LogP contribution in [0.15, 0.2) is 66.9 Å². The number of carbonyl (C=O) groups is 2. The third-order valence-electron chi connectivity index (χ3n) is 7.35. The minimum Gasteiger partial charge on any atom is -0.457 e. The lowest BCUT2D eigenvalue weighted by molar-refractivity contribution is 0.0949. The highest BCUT2D eigenvalue weighted by molar-refractivity contribution is 7.21. The number of amides is 3. The zero-order chi connectivity index (χ0) is 26.1. The quantitative estimate of drug-likeness (QED) is 0.263. The van der Waals surface area contributed by atoms with E-state index in [9.17, 15) is 9.59 Å². The number of thiophene rings is 1. The van der Waals surface area contributed by atoms with Gasteiger partial charge in [-0.15, -0.1) is 11.3 Å². The lowest BCUT2D eigenvalue weighted by atomic mass is 9.78. The highest BCUT2D eigenvalue weighted by Crippen LogP contribution is 2.46. The molecule has 0 unspecified atom stereocenters. The van der Waals surface area contributed by atoms with E-state index in [4.69, 9.17) is 4.74 Å². The lowest BCUT2D eigenvalue weighted by Gasteiger charge is -2.34. The van der Waals surface area contributed by atoms with Crippen molar-refractivity contribution < 1.29 is 14.3 Å². The molecular formula is C29H29N5O3S. The van der Waals surface area contributed by atoms with Crippen molar-refractivity contribution in [3.8, 4) is 11.5 Å². The second kappa shape index (κ2) is 10.1. The Kier molecular flexibility index (Phi) is 6.47. The summed E-state index contributed by atoms with van der Waals surface area (Å²) in [5.41, 5.74) is 2.15. The summed E-state index contributed by atoms with van der Waals surface area (Å²) in [7, 11) is 0. The molecule has 0 atom stereocenters. The van der Waals surface area contributed by atoms with Crippen molar-refractivity contribution in [3.63, 3.8) is 0 Å². The fraction of sp³-hybridized carbons (Fsp3) is 0.276. The molecule has 9 heteroatoms. The van der Waals surface area contributed by atoms with Crippen LogP contribution in [0.5, 0.6) is 11.5 Å². The maximum atomic E-state index is 13.3. The summed E-state index contributed by atoms with van der Waals surface area (Å²) >= 11 is 1.30. The molecule has 8 nitrogen and oxygen atoms in total. The van der Waals surface area contributed by atoms with Gasteiger partial charge in [0.15, 0.2) is 0 Å². The molecule has 3 amide bonds. The van der Waals surface area contributed by atoms with Crippen LogP contribution in [0.4, 0.5) is 21.9 Å². The molecule has 2 aromatic carbocycles. The first-order valence-corrected chi connectivity index (χ1v) is 13.7. The van der Waals surface area contributed by atoms with Gasteiger partial charge in [0.25, 0.3) is 5.91 Å². The topological polar surface area (TPSA) is 95.6 Å². The normalized spacial score (nSPS) is 16.2. The number of rotatable bonds is 7. The van der Waals surface area contributed by atoms with E-state index in [1.165, 1.54) is 11.3 Å². The Hall–Kier alpha value is -3.95. The third-order valence-corrected chi connectivity index (χ3v) is 8.45. The van der Waals surface area contributed by atoms with Gasteiger partial charge in [0.2, 0.25) is 0 Å². The average molecular weight is 528 g/mol. The van der Waals surface area contributed by atoms with Crippen molar-refractivity contribution in [2.45, 2.75) is 26.2 Å². The fourth-order valence-electron chi connectivity index (χ4n) is 5.13. The highest BCUT2D eigenvalue weighted by Gasteiger charge is 2.33. The molecule has 3 N–H and O–H groups in total. The van der Waals surface area contributed by atoms with Gasteiger partial charge in [-0.1, -0.05) is 25.1 Å². The first-order chi connectivity index (χ1) is 18.5. The van der Waals surface area contributed by atoms with Gasteiger partial charge in [-0.25, -0.2) is 9.78 Å². The molecule has 0 bridgehead atoms. The molecule has 6 rings (SSSR count). The molecule has 2 aliphatic rings. The van der Waals surface area contributed by atoms with Crippen LogP contribution in [-0.4, -0.2) is 36.6 Å². The van der Waals surface area contributed by atoms with E-state index in [0.717, 1.165) is 43.5 Å². The molecule has 0 saturated carbocycles. The summed E-state index contributed by atoms with van der Waals surface area (Å²) in [4.78, 5) is 33.8. The molecule has 4 heterocycles. The molecule has 0 radical (unpaired) electrons. The van der Waals surface area contributed by atoms with Gasteiger partial charge in [0.05, 0.1) is 22.4 Å². The predicted octanol–water partition coefficient (Wildman–Crippen LogP) is 6.28. The van der Waals surface area contributed by atoms with Gasteiger partial charge < -0.3 is 20.7 Å². The number of nitrogens with one attached hydrogen (secondary N) is 3. The standard InChI is InChI=1S/C29H29N5O3S/c1-29(12-16-30-17-13-29)14-18-31-26(35)25-24-23-22(11-15-32-27(23)38-25)34(28(36)33-24)19-7-9-21(10-8-19)37-20-5-3-2-4-6-20/h2-11,15,30H,12-14,16-18H2,1H3,(H,31,35)(H,33,36). The number of ether oxygens (including phenoxy) is 1. The first-order valence-electron chi connectivity index (χ1n) is 12.9. The number of para-hydroxylation sites is 1. The molecule has 1 saturated heterocycles. The van der Waals surface area contributed by atoms with Crippen LogP contribution in [0.25, 0.3) is 10.2 Å². The highest BCUT2D eigenvalue weighted by atomic mass is 32.1. The van der Waals surface area contributed by atoms with E-state index in [1.807, 2.05) is 60.7 Å². The summed E-state index contributed by atoms with van der Waals surface area (Å²) in [6.07, 6.45) is 4.81. The molecule has 0 aliphatic carbocycles. The molecule has 194 valence electrons. The largest absolute Gasteiger partial charge is 0.457 e. The van der Waals surface area contributed by atoms with Crippen LogP contribution in [-0.2, 0) is 0 Å². The monoisotopic (exact) mass is 527 g/mol. The Bertz CT molecular complexity index is 1480. The summed E-state index contributed by atoms with van der Waals surface area (Å²) in [6.45, 7) is 4.92. The number of nitrogens with zero attached hydrogens (tertiary/aromatic N) is 2. The smallest absolute Gasteiger partial charge is 0.331 e. The predicted molar refractivity (Wildman–Crippen MR) is 151 cm³/mol. The van der Waals surface area contributed by atoms with Crippen molar-refractivity contribution in [2.24, 2.45) is 5.41 Å². The second-order valence-electron chi connectivity index (χ2n) is 10.1. The molecule has 4 aromatic rings. The van der Waals surface area contributed by atoms with E-state index in [2.05, 4.69) is 27.9 Å². The Morgan fingerprint density at radius 1 is 1.08 bits per heavy atom. The number of pyridine rings is 1. The van der Waals surface area contributed by atoms with Crippen LogP contribution < -0.4 is 25.6 Å². The van der Waals surface area contributed by atoms with Crippen molar-refractivity contribution in [1.82, 2.24) is 15.6 Å². The minimum atomic E-state index is -0.323. The maximum Gasteiger partial charge on any atom is 0.331 e. The fourth-order valence-corrected chi connectivity index (χ4v) is 6.16. The van der Waals surface area contributed by atoms with Crippen molar-refractivity contribution >= 4 is 50.6 Å². The number of carbonyl (C=O) groups excluding carboxylic acids is 2. The zero-order valence-electron chi connectivity index (χ0n) is 21.1. The Labute approximate surface area is 225 Å². The van der Waals surface area contributed by atoms with Crippen LogP contribution in [0.3, 0.4) is 0 Å². The van der Waals surface area contributed by atoms with Gasteiger partial charge in [-0.3, -0.25) is 9.69 Å². The summed E-state index contributed by atoms with van der Waals surface area (Å²) in [5.74, 6) is 1.24. The zero-order valence-corrected chi connectivity index (χ0v) is 21.9. The van der Waals surface area contributed by atoms with E-state index in [-0.39, 0.29) is 17.4 Å². The summed E-state index contributed by atoms with van der Waals surface area (Å²) in [5, 5.41) is 10.2. The van der Waals surface area contributed by atoms with Gasteiger partial charge in [-0.2, -0.15) is 0 Å². The number of hydrogen-bond acceptors (Lipinski definition) is 6. The van der Waals surface area contributed by atoms with Crippen molar-refractivity contribution in [2.75, 3.05) is 29.9 Å². The van der Waals surface area contributed by atoms with E-state index in [1.54, 1.807) is 11.1 Å². The Morgan fingerprint density at radius 2 is 1.82 bits per heavy atom. The van der Waals surface area contributed by atoms with Crippen LogP contribution >= 0.6 is 11.3 Å². The summed E-state index contributed by atoms with van der Waals surface area (Å²) < 4.78 is 5.89. The number of anilines is 3. The lowest BCUT2D eigenvalue weighted by Crippen LogP contribution is -2.37. The van der Waals surface area contributed by atoms with E-state index < -0.39 is 0 Å². The number of aromatic nitrogens is 1. The number of piperidine rings is 1. The third kappa shape index (κ3) is 4.70. The Morgan fingerprint density at radius 3 is 2.58 bits per heavy atom. The molecule has 38 heavy (non-hydrogen) atoms. The molecular weight excluding hydrogens is 498 g/mol. The van der Waals surface area contributed by atoms with Gasteiger partial charge >= 0.3 is 6.03 Å². The molecule has 1 fully saturated rings. The summed E-state index contributed by atoms with van der Waals surface area (Å²) in [6, 6.07) is 18.4. The average Bonchev–Trinajstić information content (AvgIpc) is 3.30. The Balaban J connectivity index is 1.23. The van der Waals surface area contributed by atoms with E-state index >= 15 is 0 Å². The number of benzene rings is 2. The van der Waals surface area contributed by atoms with E-state index in [0.29, 0.717) is 39.1 Å². The van der Waals surface area contributed by atoms with Crippen LogP contribution in [0, 0.1) is 5.41 Å². The van der Waals surface area contributed by atoms with Crippen molar-refractivity contribution in [1.29, 1.82) is 0 Å². The maximum absolute atomic E-state index is 13.3. The first kappa shape index (κ1) is 24.4. The van der Waals surface area contributed by atoms with Gasteiger partial charge in [0, 0.05) is 12.7 Å². The molecule has 0 spiro atoms. The molecule has 2 aromatic heterocycles. The van der Waals surface area contributed by atoms with Crippen LogP contribution in [0.2, 0.25) is 0 Å². The van der Waals surface area contributed by atoms with Gasteiger partial charge in [-0.05, 0) is 80.2 Å². The minimum absolute atomic E-state index is 0.178. The number of hydrogen-bond donors (Lipinski definition) is 3. The SMILES string of the molecule is CC1(CCNC(=O)c2sc3nccc4c3c2NC(=O)N4c2ccc(Oc3ccccc3)cc2)CCNCC1. The van der Waals surface area contributed by atoms with Crippen molar-refractivity contribution in [3.05, 3.63) is 71.7 Å². The van der Waals surface area contributed by atoms with Gasteiger partial charge in [0.1, 0.15) is 21.2 Å².